The van der Waals surface area contributed by atoms with Crippen molar-refractivity contribution < 1.29 is 42.9 Å². The molecule has 0 bridgehead atoms. The van der Waals surface area contributed by atoms with Crippen molar-refractivity contribution in [1.82, 2.24) is 0 Å². The van der Waals surface area contributed by atoms with Crippen LogP contribution in [0.15, 0.2) is 109 Å². The molecule has 2 unspecified atom stereocenters. The maximum Gasteiger partial charge on any atom is 0.306 e. The second-order valence-corrected chi connectivity index (χ2v) is 30.1. The SMILES string of the molecule is CC/C=C\C/C=C\C/C=C\C/C=C\C/C=C\C/C=C\C/C=C\CCCCCCCCCCCCCCCCCCCC(=O)OC(COC(=O)CCCCCCCCCCCCCCCCCCCCCCCCCCC/C=C\C/C=C\CCCCCCC)COC(OCC[N+](C)(C)C)C(=O)[O-]. The largest absolute Gasteiger partial charge is 0.545 e. The van der Waals surface area contributed by atoms with E-state index in [1.807, 2.05) is 21.1 Å². The van der Waals surface area contributed by atoms with Gasteiger partial charge in [-0.3, -0.25) is 9.59 Å². The van der Waals surface area contributed by atoms with Crippen LogP contribution in [-0.2, 0) is 33.3 Å². The number of carboxylic acids is 1. The summed E-state index contributed by atoms with van der Waals surface area (Å²) < 4.78 is 22.9. The number of unbranched alkanes of at least 4 members (excludes halogenated alkanes) is 47. The summed E-state index contributed by atoms with van der Waals surface area (Å²) in [5.74, 6) is -2.26. The van der Waals surface area contributed by atoms with Gasteiger partial charge in [-0.2, -0.15) is 0 Å². The number of hydrogen-bond donors (Lipinski definition) is 0. The van der Waals surface area contributed by atoms with Crippen LogP contribution in [0.1, 0.15) is 399 Å². The van der Waals surface area contributed by atoms with Gasteiger partial charge < -0.3 is 33.3 Å². The molecular formula is C92H163NO8. The molecule has 0 aliphatic rings. The Morgan fingerprint density at radius 2 is 0.564 bits per heavy atom. The smallest absolute Gasteiger partial charge is 0.306 e. The first-order valence-electron chi connectivity index (χ1n) is 43.0. The molecule has 0 aromatic rings. The Balaban J connectivity index is 3.97. The molecule has 0 rings (SSSR count). The van der Waals surface area contributed by atoms with Crippen molar-refractivity contribution in [2.24, 2.45) is 0 Å². The molecule has 584 valence electrons. The van der Waals surface area contributed by atoms with Crippen LogP contribution in [0.3, 0.4) is 0 Å². The van der Waals surface area contributed by atoms with Crippen LogP contribution in [0.5, 0.6) is 0 Å². The third-order valence-electron chi connectivity index (χ3n) is 19.0. The van der Waals surface area contributed by atoms with E-state index in [2.05, 4.69) is 123 Å². The number of aliphatic carboxylic acids is 1. The zero-order valence-electron chi connectivity index (χ0n) is 67.0. The number of allylic oxidation sites excluding steroid dienone is 18. The average molecular weight is 1410 g/mol. The number of quaternary nitrogens is 1. The topological polar surface area (TPSA) is 111 Å². The molecule has 0 saturated carbocycles. The van der Waals surface area contributed by atoms with Crippen molar-refractivity contribution in [3.63, 3.8) is 0 Å². The quantitative estimate of drug-likeness (QED) is 0.0195. The molecule has 0 N–H and O–H groups in total. The number of ether oxygens (including phenoxy) is 4. The molecule has 0 saturated heterocycles. The number of hydrogen-bond acceptors (Lipinski definition) is 8. The lowest BCUT2D eigenvalue weighted by Crippen LogP contribution is -2.44. The maximum atomic E-state index is 13.0. The normalized spacial score (nSPS) is 13.2. The minimum atomic E-state index is -1.62. The molecule has 0 radical (unpaired) electrons. The lowest BCUT2D eigenvalue weighted by molar-refractivity contribution is -0.870. The Kier molecular flexibility index (Phi) is 78.3. The van der Waals surface area contributed by atoms with Gasteiger partial charge in [-0.25, -0.2) is 0 Å². The van der Waals surface area contributed by atoms with Crippen molar-refractivity contribution in [2.45, 2.75) is 411 Å². The first-order valence-corrected chi connectivity index (χ1v) is 43.0. The lowest BCUT2D eigenvalue weighted by atomic mass is 10.0. The van der Waals surface area contributed by atoms with Crippen molar-refractivity contribution in [2.75, 3.05) is 47.5 Å². The lowest BCUT2D eigenvalue weighted by Gasteiger charge is -2.26. The van der Waals surface area contributed by atoms with Crippen molar-refractivity contribution in [3.05, 3.63) is 109 Å². The van der Waals surface area contributed by atoms with E-state index in [-0.39, 0.29) is 32.2 Å². The second-order valence-electron chi connectivity index (χ2n) is 30.1. The first-order chi connectivity index (χ1) is 49.6. The zero-order chi connectivity index (χ0) is 73.2. The number of esters is 2. The van der Waals surface area contributed by atoms with Crippen LogP contribution in [0.2, 0.25) is 0 Å². The summed E-state index contributed by atoms with van der Waals surface area (Å²) in [5, 5.41) is 11.9. The number of likely N-dealkylation sites (N-methyl/N-ethyl adjacent to an activating group) is 1. The zero-order valence-corrected chi connectivity index (χ0v) is 67.0. The Bertz CT molecular complexity index is 2040. The highest BCUT2D eigenvalue weighted by Crippen LogP contribution is 2.20. The average Bonchev–Trinajstić information content (AvgIpc) is 1.21. The van der Waals surface area contributed by atoms with Gasteiger partial charge in [0, 0.05) is 12.8 Å². The molecule has 0 heterocycles. The highest BCUT2D eigenvalue weighted by atomic mass is 16.7. The monoisotopic (exact) mass is 1410 g/mol. The number of rotatable bonds is 80. The second kappa shape index (κ2) is 81.6. The summed E-state index contributed by atoms with van der Waals surface area (Å²) in [6.45, 7) is 4.68. The van der Waals surface area contributed by atoms with E-state index >= 15 is 0 Å². The van der Waals surface area contributed by atoms with Crippen molar-refractivity contribution >= 4 is 17.9 Å². The minimum Gasteiger partial charge on any atom is -0.545 e. The van der Waals surface area contributed by atoms with E-state index < -0.39 is 24.3 Å². The molecule has 0 fully saturated rings. The molecule has 0 aromatic carbocycles. The van der Waals surface area contributed by atoms with E-state index in [0.717, 1.165) is 83.5 Å². The fourth-order valence-electron chi connectivity index (χ4n) is 12.5. The summed E-state index contributed by atoms with van der Waals surface area (Å²) in [7, 11) is 5.95. The molecule has 0 aliphatic heterocycles. The summed E-state index contributed by atoms with van der Waals surface area (Å²) in [6.07, 6.45) is 112. The van der Waals surface area contributed by atoms with Gasteiger partial charge in [0.1, 0.15) is 13.2 Å². The third-order valence-corrected chi connectivity index (χ3v) is 19.0. The molecule has 9 nitrogen and oxygen atoms in total. The van der Waals surface area contributed by atoms with Gasteiger partial charge in [-0.1, -0.05) is 393 Å². The molecule has 0 aromatic heterocycles. The molecule has 9 heteroatoms. The number of carboxylic acid groups (broad SMARTS) is 1. The van der Waals surface area contributed by atoms with Crippen LogP contribution in [0.25, 0.3) is 0 Å². The predicted octanol–water partition coefficient (Wildman–Crippen LogP) is 26.7. The summed E-state index contributed by atoms with van der Waals surface area (Å²) in [5.41, 5.74) is 0. The van der Waals surface area contributed by atoms with E-state index in [1.165, 1.54) is 283 Å². The van der Waals surface area contributed by atoms with Crippen LogP contribution in [-0.4, -0.2) is 82.3 Å². The van der Waals surface area contributed by atoms with Crippen molar-refractivity contribution in [1.29, 1.82) is 0 Å². The Hall–Kier alpha value is -4.05. The predicted molar refractivity (Wildman–Crippen MR) is 435 cm³/mol. The molecule has 2 atom stereocenters. The first kappa shape index (κ1) is 97.0. The van der Waals surface area contributed by atoms with Gasteiger partial charge in [0.25, 0.3) is 0 Å². The highest BCUT2D eigenvalue weighted by Gasteiger charge is 2.22. The van der Waals surface area contributed by atoms with Crippen LogP contribution < -0.4 is 5.11 Å². The van der Waals surface area contributed by atoms with Gasteiger partial charge in [0.2, 0.25) is 0 Å². The summed E-state index contributed by atoms with van der Waals surface area (Å²) in [6, 6.07) is 0. The van der Waals surface area contributed by atoms with Gasteiger partial charge in [0.15, 0.2) is 12.4 Å². The highest BCUT2D eigenvalue weighted by molar-refractivity contribution is 5.70. The van der Waals surface area contributed by atoms with E-state index in [4.69, 9.17) is 18.9 Å². The van der Waals surface area contributed by atoms with Gasteiger partial charge in [-0.15, -0.1) is 0 Å². The fraction of sp³-hybridized carbons (Fsp3) is 0.772. The third kappa shape index (κ3) is 83.1. The molecule has 0 amide bonds. The summed E-state index contributed by atoms with van der Waals surface area (Å²) >= 11 is 0. The van der Waals surface area contributed by atoms with E-state index in [1.54, 1.807) is 0 Å². The van der Waals surface area contributed by atoms with Gasteiger partial charge >= 0.3 is 11.9 Å². The van der Waals surface area contributed by atoms with Crippen LogP contribution in [0.4, 0.5) is 0 Å². The molecule has 101 heavy (non-hydrogen) atoms. The Morgan fingerprint density at radius 1 is 0.307 bits per heavy atom. The van der Waals surface area contributed by atoms with E-state index in [9.17, 15) is 19.5 Å². The van der Waals surface area contributed by atoms with Crippen LogP contribution >= 0.6 is 0 Å². The van der Waals surface area contributed by atoms with Crippen LogP contribution in [0, 0.1) is 0 Å². The number of nitrogens with zero attached hydrogens (tertiary/aromatic N) is 1. The standard InChI is InChI=1S/C92H163NO8/c1-6-8-10-12-14-16-18-20-22-24-26-28-30-32-34-36-38-40-42-44-45-47-49-51-53-55-57-59-61-63-65-67-69-71-73-75-77-79-81-83-90(95)101-88(87-100-92(91(96)97)98-85-84-93(3,4)5)86-99-89(94)82-80-78-76-74-72-70-68-66-64-62-60-58-56-54-52-50-48-46-43-41-39-37-35-33-31-29-27-25-23-21-19-17-15-13-11-9-7-2/h8,10,14,16,19-22,25-28,32,34,38,40,44-45,88,92H,6-7,9,11-13,15,17-18,23-24,29-31,33,35-37,39,41-43,46-87H2,1-5H3/b10-8-,16-14-,21-19-,22-20-,27-25-,28-26-,34-32-,40-38-,45-44-. The Morgan fingerprint density at radius 3 is 0.842 bits per heavy atom. The summed E-state index contributed by atoms with van der Waals surface area (Å²) in [4.78, 5) is 37.7. The number of carbonyl (C=O) groups is 3. The number of carbonyl (C=O) groups excluding carboxylic acids is 3. The van der Waals surface area contributed by atoms with Crippen molar-refractivity contribution in [3.8, 4) is 0 Å². The fourth-order valence-corrected chi connectivity index (χ4v) is 12.5. The molecule has 0 spiro atoms. The minimum absolute atomic E-state index is 0.147. The van der Waals surface area contributed by atoms with E-state index in [0.29, 0.717) is 23.9 Å². The molecular weight excluding hydrogens is 1250 g/mol. The molecule has 0 aliphatic carbocycles. The van der Waals surface area contributed by atoms with Gasteiger partial charge in [0.05, 0.1) is 40.3 Å². The maximum absolute atomic E-state index is 13.0. The van der Waals surface area contributed by atoms with Gasteiger partial charge in [-0.05, 0) is 103 Å². The Labute approximate surface area is 625 Å².